The van der Waals surface area contributed by atoms with E-state index in [-0.39, 0.29) is 0 Å². The number of hydrogen-bond acceptors (Lipinski definition) is 8. The first-order valence-corrected chi connectivity index (χ1v) is 12.2. The number of hydrazine groups is 1. The third-order valence-electron chi connectivity index (χ3n) is 3.31. The number of nitrogens with one attached hydrogen (secondary N) is 3. The molecule has 1 aromatic rings. The maximum absolute atomic E-state index is 12.0. The zero-order valence-electron chi connectivity index (χ0n) is 15.3. The Balaban J connectivity index is 1.67. The van der Waals surface area contributed by atoms with Crippen LogP contribution in [-0.2, 0) is 22.5 Å². The molecule has 0 radical (unpaired) electrons. The predicted molar refractivity (Wildman–Crippen MR) is 109 cm³/mol. The Bertz CT molecular complexity index is 690. The number of furan rings is 1. The SMILES string of the molecule is CSCCNC1=CN(NCCSCc2ccc(CN(C)C)o2)S(=O)(=O)N1. The molecule has 0 atom stereocenters. The summed E-state index contributed by atoms with van der Waals surface area (Å²) in [4.78, 5) is 2.06. The first-order chi connectivity index (χ1) is 12.4. The summed E-state index contributed by atoms with van der Waals surface area (Å²) >= 11 is 3.39. The van der Waals surface area contributed by atoms with Gasteiger partial charge in [0.25, 0.3) is 0 Å². The number of rotatable bonds is 12. The average molecular weight is 422 g/mol. The minimum absolute atomic E-state index is 0.489. The molecule has 2 rings (SSSR count). The van der Waals surface area contributed by atoms with Crippen molar-refractivity contribution in [3.05, 3.63) is 35.7 Å². The molecule has 0 saturated carbocycles. The molecule has 0 aromatic carbocycles. The normalized spacial score (nSPS) is 16.0. The second-order valence-electron chi connectivity index (χ2n) is 5.93. The largest absolute Gasteiger partial charge is 0.464 e. The summed E-state index contributed by atoms with van der Waals surface area (Å²) in [6.45, 7) is 2.02. The topological polar surface area (TPSA) is 89.8 Å². The maximum atomic E-state index is 12.0. The van der Waals surface area contributed by atoms with Crippen molar-refractivity contribution in [2.75, 3.05) is 44.9 Å². The van der Waals surface area contributed by atoms with Gasteiger partial charge in [-0.25, -0.2) is 10.1 Å². The Morgan fingerprint density at radius 1 is 1.23 bits per heavy atom. The summed E-state index contributed by atoms with van der Waals surface area (Å²) in [5.74, 6) is 4.80. The van der Waals surface area contributed by atoms with E-state index in [0.29, 0.717) is 18.9 Å². The van der Waals surface area contributed by atoms with Crippen LogP contribution in [0.1, 0.15) is 11.5 Å². The van der Waals surface area contributed by atoms with Gasteiger partial charge in [-0.05, 0) is 32.5 Å². The summed E-state index contributed by atoms with van der Waals surface area (Å²) in [7, 11) is 0.461. The summed E-state index contributed by atoms with van der Waals surface area (Å²) < 4.78 is 33.4. The second kappa shape index (κ2) is 10.4. The van der Waals surface area contributed by atoms with Gasteiger partial charge >= 0.3 is 10.2 Å². The fourth-order valence-corrected chi connectivity index (χ4v) is 4.25. The highest BCUT2D eigenvalue weighted by atomic mass is 32.2. The van der Waals surface area contributed by atoms with Crippen LogP contribution in [0.3, 0.4) is 0 Å². The lowest BCUT2D eigenvalue weighted by molar-refractivity contribution is 0.344. The highest BCUT2D eigenvalue weighted by molar-refractivity contribution is 7.98. The van der Waals surface area contributed by atoms with Gasteiger partial charge in [0.05, 0.1) is 18.5 Å². The van der Waals surface area contributed by atoms with E-state index in [2.05, 4.69) is 20.4 Å². The smallest absolute Gasteiger partial charge is 0.338 e. The number of hydrogen-bond donors (Lipinski definition) is 3. The number of thioether (sulfide) groups is 2. The molecule has 1 aromatic heterocycles. The fourth-order valence-electron chi connectivity index (χ4n) is 2.20. The standard InChI is InChI=1S/C15H27N5O3S3/c1-19(2)10-13-4-5-14(23-13)12-25-9-7-17-20-11-15(16-6-8-24-3)18-26(20,21)22/h4-5,11,16-18H,6-10,12H2,1-3H3. The lowest BCUT2D eigenvalue weighted by atomic mass is 10.4. The molecule has 0 aliphatic carbocycles. The molecule has 11 heteroatoms. The summed E-state index contributed by atoms with van der Waals surface area (Å²) in [5.41, 5.74) is 2.91. The van der Waals surface area contributed by atoms with Crippen LogP contribution in [0.25, 0.3) is 0 Å². The van der Waals surface area contributed by atoms with Gasteiger partial charge in [-0.2, -0.15) is 36.4 Å². The van der Waals surface area contributed by atoms with E-state index in [1.807, 2.05) is 32.5 Å². The van der Waals surface area contributed by atoms with Crippen LogP contribution in [0.2, 0.25) is 0 Å². The Morgan fingerprint density at radius 3 is 2.73 bits per heavy atom. The van der Waals surface area contributed by atoms with Gasteiger partial charge in [0.1, 0.15) is 17.3 Å². The third kappa shape index (κ3) is 6.95. The molecular weight excluding hydrogens is 394 g/mol. The van der Waals surface area contributed by atoms with Gasteiger partial charge < -0.3 is 14.6 Å². The van der Waals surface area contributed by atoms with Crippen LogP contribution in [-0.4, -0.2) is 62.7 Å². The number of nitrogens with zero attached hydrogens (tertiary/aromatic N) is 2. The lowest BCUT2D eigenvalue weighted by Crippen LogP contribution is -2.41. The molecule has 0 unspecified atom stereocenters. The second-order valence-corrected chi connectivity index (χ2v) is 9.57. The van der Waals surface area contributed by atoms with Crippen LogP contribution in [0.4, 0.5) is 0 Å². The van der Waals surface area contributed by atoms with Crippen molar-refractivity contribution in [2.45, 2.75) is 12.3 Å². The summed E-state index contributed by atoms with van der Waals surface area (Å²) in [6.07, 6.45) is 3.53. The van der Waals surface area contributed by atoms with Crippen molar-refractivity contribution in [1.29, 1.82) is 0 Å². The van der Waals surface area contributed by atoms with Crippen molar-refractivity contribution in [2.24, 2.45) is 0 Å². The summed E-state index contributed by atoms with van der Waals surface area (Å²) in [6, 6.07) is 3.98. The minimum Gasteiger partial charge on any atom is -0.464 e. The van der Waals surface area contributed by atoms with Gasteiger partial charge in [-0.1, -0.05) is 0 Å². The molecule has 26 heavy (non-hydrogen) atoms. The van der Waals surface area contributed by atoms with E-state index in [1.165, 1.54) is 6.20 Å². The van der Waals surface area contributed by atoms with E-state index >= 15 is 0 Å². The van der Waals surface area contributed by atoms with E-state index < -0.39 is 10.2 Å². The molecule has 0 spiro atoms. The molecule has 0 saturated heterocycles. The van der Waals surface area contributed by atoms with E-state index in [9.17, 15) is 8.42 Å². The first-order valence-electron chi connectivity index (χ1n) is 8.21. The Morgan fingerprint density at radius 2 is 2.00 bits per heavy atom. The molecule has 3 N–H and O–H groups in total. The van der Waals surface area contributed by atoms with E-state index in [4.69, 9.17) is 4.42 Å². The van der Waals surface area contributed by atoms with Gasteiger partial charge in [-0.15, -0.1) is 0 Å². The van der Waals surface area contributed by atoms with Gasteiger partial charge in [-0.3, -0.25) is 0 Å². The fraction of sp³-hybridized carbons (Fsp3) is 0.600. The molecule has 0 amide bonds. The van der Waals surface area contributed by atoms with Crippen LogP contribution in [0.15, 0.2) is 28.6 Å². The van der Waals surface area contributed by atoms with Crippen molar-refractivity contribution in [1.82, 2.24) is 24.8 Å². The molecule has 0 fully saturated rings. The van der Waals surface area contributed by atoms with Gasteiger partial charge in [0.15, 0.2) is 0 Å². The molecule has 1 aliphatic heterocycles. The van der Waals surface area contributed by atoms with Crippen LogP contribution < -0.4 is 15.5 Å². The van der Waals surface area contributed by atoms with E-state index in [1.54, 1.807) is 23.5 Å². The zero-order valence-corrected chi connectivity index (χ0v) is 17.8. The van der Waals surface area contributed by atoms with Crippen molar-refractivity contribution in [3.8, 4) is 0 Å². The highest BCUT2D eigenvalue weighted by Gasteiger charge is 2.26. The van der Waals surface area contributed by atoms with Gasteiger partial charge in [0.2, 0.25) is 0 Å². The van der Waals surface area contributed by atoms with Crippen LogP contribution >= 0.6 is 23.5 Å². The quantitative estimate of drug-likeness (QED) is 0.431. The van der Waals surface area contributed by atoms with Crippen molar-refractivity contribution in [3.63, 3.8) is 0 Å². The maximum Gasteiger partial charge on any atom is 0.338 e. The lowest BCUT2D eigenvalue weighted by Gasteiger charge is -2.14. The Labute approximate surface area is 164 Å². The van der Waals surface area contributed by atoms with Crippen molar-refractivity contribution < 1.29 is 12.8 Å². The minimum atomic E-state index is -3.54. The molecule has 2 heterocycles. The van der Waals surface area contributed by atoms with Crippen LogP contribution in [0.5, 0.6) is 0 Å². The third-order valence-corrected chi connectivity index (χ3v) is 6.14. The predicted octanol–water partition coefficient (Wildman–Crippen LogP) is 0.981. The molecule has 0 bridgehead atoms. The molecule has 148 valence electrons. The molecule has 1 aliphatic rings. The van der Waals surface area contributed by atoms with Crippen LogP contribution in [0, 0.1) is 0 Å². The summed E-state index contributed by atoms with van der Waals surface area (Å²) in [5, 5.41) is 3.05. The zero-order chi connectivity index (χ0) is 19.0. The van der Waals surface area contributed by atoms with Crippen molar-refractivity contribution >= 4 is 33.7 Å². The van der Waals surface area contributed by atoms with E-state index in [0.717, 1.165) is 39.7 Å². The first kappa shape index (κ1) is 21.3. The molecular formula is C15H27N5O3S3. The van der Waals surface area contributed by atoms with Gasteiger partial charge in [0, 0.05) is 24.6 Å². The highest BCUT2D eigenvalue weighted by Crippen LogP contribution is 2.16. The monoisotopic (exact) mass is 421 g/mol. The average Bonchev–Trinajstić information content (AvgIpc) is 3.10. The Kier molecular flexibility index (Phi) is 8.48. The molecule has 8 nitrogen and oxygen atoms in total. The Hall–Kier alpha value is -1.01.